The van der Waals surface area contributed by atoms with E-state index in [-0.39, 0.29) is 37.0 Å². The summed E-state index contributed by atoms with van der Waals surface area (Å²) in [6, 6.07) is -0.648. The molecule has 7 nitrogen and oxygen atoms in total. The molecule has 3 heterocycles. The van der Waals surface area contributed by atoms with Crippen LogP contribution >= 0.6 is 11.8 Å². The van der Waals surface area contributed by atoms with Gasteiger partial charge >= 0.3 is 5.97 Å². The van der Waals surface area contributed by atoms with E-state index in [9.17, 15) is 14.4 Å². The topological polar surface area (TPSA) is 87.1 Å². The van der Waals surface area contributed by atoms with E-state index < -0.39 is 27.4 Å². The van der Waals surface area contributed by atoms with Gasteiger partial charge < -0.3 is 19.6 Å². The molecular formula is C26H40N2O5S. The normalized spacial score (nSPS) is 31.6. The van der Waals surface area contributed by atoms with Crippen LogP contribution in [0.5, 0.6) is 0 Å². The van der Waals surface area contributed by atoms with Crippen LogP contribution in [0.15, 0.2) is 25.3 Å². The second-order valence-corrected chi connectivity index (χ2v) is 12.1. The molecule has 2 unspecified atom stereocenters. The molecule has 1 N–H and O–H groups in total. The Kier molecular flexibility index (Phi) is 8.56. The minimum atomic E-state index is -0.629. The van der Waals surface area contributed by atoms with Crippen molar-refractivity contribution in [1.82, 2.24) is 9.80 Å². The highest BCUT2D eigenvalue weighted by Crippen LogP contribution is 2.71. The second-order valence-electron chi connectivity index (χ2n) is 10.2. The van der Waals surface area contributed by atoms with Crippen molar-refractivity contribution < 1.29 is 24.2 Å². The molecule has 0 saturated carbocycles. The summed E-state index contributed by atoms with van der Waals surface area (Å²) in [6.07, 6.45) is 7.63. The Bertz CT molecular complexity index is 817. The number of thioether (sulfide) groups is 1. The Morgan fingerprint density at radius 1 is 1.26 bits per heavy atom. The number of nitrogens with zero attached hydrogens (tertiary/aromatic N) is 2. The lowest BCUT2D eigenvalue weighted by Crippen LogP contribution is -2.56. The van der Waals surface area contributed by atoms with E-state index in [1.54, 1.807) is 33.7 Å². The average Bonchev–Trinajstić information content (AvgIpc) is 3.35. The molecule has 1 spiro atoms. The molecule has 2 amide bonds. The maximum atomic E-state index is 14.0. The number of aliphatic hydroxyl groups excluding tert-OH is 1. The number of esters is 1. The van der Waals surface area contributed by atoms with E-state index in [1.807, 2.05) is 13.8 Å². The Morgan fingerprint density at radius 2 is 2.00 bits per heavy atom. The highest BCUT2D eigenvalue weighted by atomic mass is 32.2. The Balaban J connectivity index is 1.98. The molecule has 3 aliphatic heterocycles. The molecule has 0 radical (unpaired) electrons. The number of unbranched alkanes of at least 4 members (excludes halogenated alkanes) is 2. The molecule has 190 valence electrons. The first-order chi connectivity index (χ1) is 16.2. The van der Waals surface area contributed by atoms with Crippen molar-refractivity contribution in [2.45, 2.75) is 80.9 Å². The van der Waals surface area contributed by atoms with Gasteiger partial charge in [0.2, 0.25) is 11.8 Å². The van der Waals surface area contributed by atoms with E-state index in [2.05, 4.69) is 20.1 Å². The number of aliphatic hydroxyl groups is 1. The van der Waals surface area contributed by atoms with Gasteiger partial charge in [-0.05, 0) is 59.3 Å². The van der Waals surface area contributed by atoms with Gasteiger partial charge in [0.25, 0.3) is 0 Å². The summed E-state index contributed by atoms with van der Waals surface area (Å²) in [6.45, 7) is 14.7. The van der Waals surface area contributed by atoms with E-state index >= 15 is 0 Å². The molecule has 0 aliphatic carbocycles. The van der Waals surface area contributed by atoms with Crippen LogP contribution in [0.2, 0.25) is 0 Å². The summed E-state index contributed by atoms with van der Waals surface area (Å²) in [4.78, 5) is 44.8. The van der Waals surface area contributed by atoms with Gasteiger partial charge in [0, 0.05) is 30.5 Å². The standard InChI is InChI=1S/C26H40N2O5S/c1-6-8-17-33-24(32)20-19-22(30)28(15-10-9-11-16-29)21(23(31)27(14-7-2)18(3)4)26(19)13-12-25(20,5)34-26/h6-7,18-21,29H,1-2,8-17H2,3-5H3/t19-,20-,21?,25+,26?/m0/s1. The average molecular weight is 493 g/mol. The van der Waals surface area contributed by atoms with Gasteiger partial charge in [-0.2, -0.15) is 0 Å². The molecule has 0 aromatic rings. The lowest BCUT2D eigenvalue weighted by Gasteiger charge is -2.38. The predicted molar refractivity (Wildman–Crippen MR) is 134 cm³/mol. The van der Waals surface area contributed by atoms with E-state index in [1.165, 1.54) is 0 Å². The highest BCUT2D eigenvalue weighted by molar-refractivity contribution is 8.02. The van der Waals surface area contributed by atoms with Crippen LogP contribution in [0.4, 0.5) is 0 Å². The van der Waals surface area contributed by atoms with E-state index in [4.69, 9.17) is 9.84 Å². The zero-order valence-electron chi connectivity index (χ0n) is 20.8. The first-order valence-corrected chi connectivity index (χ1v) is 13.3. The SMILES string of the molecule is C=CCCOC(=O)[C@@H]1[C@H]2C(=O)N(CCCCCO)C(C(=O)N(CC=C)C(C)C)C23CC[C@@]1(C)S3. The Hall–Kier alpha value is -1.80. The fourth-order valence-corrected chi connectivity index (χ4v) is 8.40. The number of hydrogen-bond donors (Lipinski definition) is 1. The summed E-state index contributed by atoms with van der Waals surface area (Å²) >= 11 is 1.67. The minimum Gasteiger partial charge on any atom is -0.465 e. The predicted octanol–water partition coefficient (Wildman–Crippen LogP) is 3.17. The molecular weight excluding hydrogens is 452 g/mol. The lowest BCUT2D eigenvalue weighted by molar-refractivity contribution is -0.155. The molecule has 3 rings (SSSR count). The quantitative estimate of drug-likeness (QED) is 0.241. The molecule has 0 aromatic heterocycles. The number of carbonyl (C=O) groups is 3. The van der Waals surface area contributed by atoms with Gasteiger partial charge in [-0.3, -0.25) is 14.4 Å². The maximum absolute atomic E-state index is 14.0. The summed E-state index contributed by atoms with van der Waals surface area (Å²) in [5.74, 6) is -1.63. The van der Waals surface area contributed by atoms with Gasteiger partial charge in [-0.1, -0.05) is 12.2 Å². The number of rotatable bonds is 13. The fourth-order valence-electron chi connectivity index (χ4n) is 6.06. The van der Waals surface area contributed by atoms with Gasteiger partial charge in [-0.25, -0.2) is 0 Å². The van der Waals surface area contributed by atoms with Crippen molar-refractivity contribution in [2.75, 3.05) is 26.3 Å². The molecule has 5 atom stereocenters. The first-order valence-electron chi connectivity index (χ1n) is 12.5. The Morgan fingerprint density at radius 3 is 2.62 bits per heavy atom. The largest absolute Gasteiger partial charge is 0.465 e. The van der Waals surface area contributed by atoms with Crippen molar-refractivity contribution in [3.05, 3.63) is 25.3 Å². The van der Waals surface area contributed by atoms with Gasteiger partial charge in [-0.15, -0.1) is 24.9 Å². The zero-order chi connectivity index (χ0) is 25.1. The number of ether oxygens (including phenoxy) is 1. The summed E-state index contributed by atoms with van der Waals surface area (Å²) in [5, 5.41) is 9.16. The summed E-state index contributed by atoms with van der Waals surface area (Å²) in [5.41, 5.74) is 0. The summed E-state index contributed by atoms with van der Waals surface area (Å²) in [7, 11) is 0. The van der Waals surface area contributed by atoms with Crippen LogP contribution in [-0.2, 0) is 19.1 Å². The Labute approximate surface area is 208 Å². The van der Waals surface area contributed by atoms with Crippen LogP contribution in [0.3, 0.4) is 0 Å². The van der Waals surface area contributed by atoms with Crippen molar-refractivity contribution in [3.63, 3.8) is 0 Å². The second kappa shape index (κ2) is 10.9. The zero-order valence-corrected chi connectivity index (χ0v) is 21.6. The number of carbonyl (C=O) groups excluding carboxylic acids is 3. The molecule has 34 heavy (non-hydrogen) atoms. The maximum Gasteiger partial charge on any atom is 0.311 e. The van der Waals surface area contributed by atoms with E-state index in [0.29, 0.717) is 32.4 Å². The molecule has 8 heteroatoms. The molecule has 3 aliphatic rings. The van der Waals surface area contributed by atoms with E-state index in [0.717, 1.165) is 19.3 Å². The van der Waals surface area contributed by atoms with Gasteiger partial charge in [0.15, 0.2) is 0 Å². The number of fused-ring (bicyclic) bond motifs is 1. The van der Waals surface area contributed by atoms with Crippen molar-refractivity contribution in [3.8, 4) is 0 Å². The number of likely N-dealkylation sites (tertiary alicyclic amines) is 1. The van der Waals surface area contributed by atoms with Crippen LogP contribution in [0.1, 0.15) is 59.3 Å². The number of hydrogen-bond acceptors (Lipinski definition) is 6. The highest BCUT2D eigenvalue weighted by Gasteiger charge is 2.77. The third kappa shape index (κ3) is 4.55. The molecule has 3 saturated heterocycles. The fraction of sp³-hybridized carbons (Fsp3) is 0.731. The van der Waals surface area contributed by atoms with Crippen molar-refractivity contribution >= 4 is 29.5 Å². The number of amides is 2. The smallest absolute Gasteiger partial charge is 0.311 e. The van der Waals surface area contributed by atoms with Crippen LogP contribution in [-0.4, -0.2) is 80.6 Å². The molecule has 3 fully saturated rings. The van der Waals surface area contributed by atoms with Crippen LogP contribution in [0.25, 0.3) is 0 Å². The van der Waals surface area contributed by atoms with Crippen LogP contribution < -0.4 is 0 Å². The minimum absolute atomic E-state index is 0.0360. The third-order valence-corrected chi connectivity index (χ3v) is 9.61. The first kappa shape index (κ1) is 26.8. The van der Waals surface area contributed by atoms with Gasteiger partial charge in [0.05, 0.1) is 23.2 Å². The van der Waals surface area contributed by atoms with Crippen molar-refractivity contribution in [1.29, 1.82) is 0 Å². The molecule has 0 aromatic carbocycles. The third-order valence-electron chi connectivity index (χ3n) is 7.62. The van der Waals surface area contributed by atoms with Gasteiger partial charge in [0.1, 0.15) is 6.04 Å². The summed E-state index contributed by atoms with van der Waals surface area (Å²) < 4.78 is 4.52. The monoisotopic (exact) mass is 492 g/mol. The molecule has 2 bridgehead atoms. The van der Waals surface area contributed by atoms with Crippen LogP contribution in [0, 0.1) is 11.8 Å². The van der Waals surface area contributed by atoms with Crippen molar-refractivity contribution in [2.24, 2.45) is 11.8 Å². The lowest BCUT2D eigenvalue weighted by atomic mass is 9.66.